The number of rotatable bonds is 3. The summed E-state index contributed by atoms with van der Waals surface area (Å²) in [5.41, 5.74) is 0. The average molecular weight is 258 g/mol. The molecule has 0 bridgehead atoms. The maximum Gasteiger partial charge on any atom is 0.302 e. The van der Waals surface area contributed by atoms with Crippen LogP contribution >= 0.6 is 0 Å². The second kappa shape index (κ2) is 4.74. The van der Waals surface area contributed by atoms with Gasteiger partial charge in [-0.05, 0) is 32.6 Å². The van der Waals surface area contributed by atoms with Gasteiger partial charge in [-0.1, -0.05) is 5.16 Å². The molecule has 1 saturated carbocycles. The number of ketones is 1. The largest absolute Gasteiger partial charge is 0.339 e. The van der Waals surface area contributed by atoms with Crippen LogP contribution in [0.3, 0.4) is 0 Å². The Kier molecular flexibility index (Phi) is 3.45. The first-order chi connectivity index (χ1) is 8.38. The molecule has 0 radical (unpaired) electrons. The summed E-state index contributed by atoms with van der Waals surface area (Å²) < 4.78 is 30.9. The maximum absolute atomic E-state index is 12.9. The first kappa shape index (κ1) is 13.1. The summed E-state index contributed by atoms with van der Waals surface area (Å²) >= 11 is 0. The Balaban J connectivity index is 1.94. The number of halogens is 2. The molecule has 1 fully saturated rings. The summed E-state index contributed by atoms with van der Waals surface area (Å²) in [6.45, 7) is 2.41. The van der Waals surface area contributed by atoms with Gasteiger partial charge in [0.15, 0.2) is 5.82 Å². The van der Waals surface area contributed by atoms with Crippen molar-refractivity contribution in [2.75, 3.05) is 0 Å². The van der Waals surface area contributed by atoms with Crippen molar-refractivity contribution in [3.8, 4) is 0 Å². The van der Waals surface area contributed by atoms with Gasteiger partial charge < -0.3 is 4.52 Å². The predicted molar refractivity (Wildman–Crippen MR) is 59.4 cm³/mol. The van der Waals surface area contributed by atoms with Crippen molar-refractivity contribution in [2.24, 2.45) is 5.92 Å². The molecule has 0 N–H and O–H groups in total. The number of hydrogen-bond acceptors (Lipinski definition) is 4. The van der Waals surface area contributed by atoms with Crippen molar-refractivity contribution in [3.05, 3.63) is 11.7 Å². The zero-order valence-electron chi connectivity index (χ0n) is 10.4. The molecule has 6 heteroatoms. The van der Waals surface area contributed by atoms with Crippen LogP contribution in [0.2, 0.25) is 0 Å². The van der Waals surface area contributed by atoms with Gasteiger partial charge in [0.1, 0.15) is 0 Å². The van der Waals surface area contributed by atoms with Crippen molar-refractivity contribution in [1.82, 2.24) is 10.1 Å². The molecule has 0 aliphatic heterocycles. The van der Waals surface area contributed by atoms with Gasteiger partial charge in [-0.3, -0.25) is 4.79 Å². The Bertz CT molecular complexity index is 432. The molecule has 0 aromatic carbocycles. The van der Waals surface area contributed by atoms with Crippen LogP contribution in [-0.4, -0.2) is 21.8 Å². The smallest absolute Gasteiger partial charge is 0.302 e. The molecule has 0 atom stereocenters. The third-order valence-electron chi connectivity index (χ3n) is 3.42. The average Bonchev–Trinajstić information content (AvgIpc) is 2.74. The Morgan fingerprint density at radius 1 is 1.33 bits per heavy atom. The zero-order valence-corrected chi connectivity index (χ0v) is 10.4. The summed E-state index contributed by atoms with van der Waals surface area (Å²) in [4.78, 5) is 15.6. The van der Waals surface area contributed by atoms with Gasteiger partial charge >= 0.3 is 5.92 Å². The van der Waals surface area contributed by atoms with E-state index in [-0.39, 0.29) is 5.92 Å². The van der Waals surface area contributed by atoms with Gasteiger partial charge in [0.05, 0.1) is 0 Å². The van der Waals surface area contributed by atoms with Crippen molar-refractivity contribution in [2.45, 2.75) is 51.4 Å². The Labute approximate surface area is 104 Å². The van der Waals surface area contributed by atoms with Crippen LogP contribution in [0.1, 0.15) is 50.2 Å². The normalized spacial score (nSPS) is 25.1. The van der Waals surface area contributed by atoms with E-state index in [1.54, 1.807) is 6.92 Å². The van der Waals surface area contributed by atoms with Gasteiger partial charge in [0.2, 0.25) is 11.7 Å². The van der Waals surface area contributed by atoms with Gasteiger partial charge in [-0.15, -0.1) is 0 Å². The fraction of sp³-hybridized carbons (Fsp3) is 0.750. The molecule has 0 spiro atoms. The van der Waals surface area contributed by atoms with Crippen LogP contribution in [-0.2, 0) is 4.79 Å². The van der Waals surface area contributed by atoms with Crippen LogP contribution in [0.15, 0.2) is 4.52 Å². The van der Waals surface area contributed by atoms with E-state index in [0.717, 1.165) is 0 Å². The Morgan fingerprint density at radius 3 is 2.39 bits per heavy atom. The standard InChI is InChI=1S/C12H16F2N2O2/c1-7-15-11(18-16-7)9-5-3-8(4-6-9)10(17)12(2,13)14/h8-9H,3-6H2,1-2H3. The highest BCUT2D eigenvalue weighted by atomic mass is 19.3. The third kappa shape index (κ3) is 2.73. The fourth-order valence-electron chi connectivity index (χ4n) is 2.44. The van der Waals surface area contributed by atoms with E-state index in [0.29, 0.717) is 44.3 Å². The van der Waals surface area contributed by atoms with Crippen molar-refractivity contribution in [1.29, 1.82) is 0 Å². The maximum atomic E-state index is 12.9. The number of alkyl halides is 2. The third-order valence-corrected chi connectivity index (χ3v) is 3.42. The summed E-state index contributed by atoms with van der Waals surface area (Å²) in [5.74, 6) is -3.47. The predicted octanol–water partition coefficient (Wildman–Crippen LogP) is 2.88. The van der Waals surface area contributed by atoms with Gasteiger partial charge in [0, 0.05) is 18.8 Å². The topological polar surface area (TPSA) is 56.0 Å². The molecule has 1 aliphatic carbocycles. The Morgan fingerprint density at radius 2 is 1.94 bits per heavy atom. The van der Waals surface area contributed by atoms with E-state index >= 15 is 0 Å². The van der Waals surface area contributed by atoms with Gasteiger partial charge in [0.25, 0.3) is 0 Å². The number of hydrogen-bond donors (Lipinski definition) is 0. The monoisotopic (exact) mass is 258 g/mol. The Hall–Kier alpha value is -1.33. The lowest BCUT2D eigenvalue weighted by atomic mass is 9.79. The van der Waals surface area contributed by atoms with E-state index in [2.05, 4.69) is 10.1 Å². The number of carbonyl (C=O) groups excluding carboxylic acids is 1. The highest BCUT2D eigenvalue weighted by Gasteiger charge is 2.40. The molecule has 2 rings (SSSR count). The van der Waals surface area contributed by atoms with E-state index in [4.69, 9.17) is 4.52 Å². The zero-order chi connectivity index (χ0) is 13.3. The number of aryl methyl sites for hydroxylation is 1. The highest BCUT2D eigenvalue weighted by Crippen LogP contribution is 2.37. The number of carbonyl (C=O) groups is 1. The number of aromatic nitrogens is 2. The lowest BCUT2D eigenvalue weighted by Gasteiger charge is -2.26. The summed E-state index contributed by atoms with van der Waals surface area (Å²) in [6.07, 6.45) is 2.23. The minimum atomic E-state index is -3.22. The number of Topliss-reactive ketones (excluding diaryl/α,β-unsaturated/α-hetero) is 1. The minimum Gasteiger partial charge on any atom is -0.339 e. The highest BCUT2D eigenvalue weighted by molar-refractivity contribution is 5.87. The second-order valence-electron chi connectivity index (χ2n) is 4.98. The van der Waals surface area contributed by atoms with Crippen molar-refractivity contribution < 1.29 is 18.1 Å². The minimum absolute atomic E-state index is 0.0979. The molecule has 1 aromatic rings. The first-order valence-corrected chi connectivity index (χ1v) is 6.10. The summed E-state index contributed by atoms with van der Waals surface area (Å²) in [5, 5.41) is 3.71. The SMILES string of the molecule is Cc1noc(C2CCC(C(=O)C(C)(F)F)CC2)n1. The first-order valence-electron chi connectivity index (χ1n) is 6.10. The van der Waals surface area contributed by atoms with E-state index in [9.17, 15) is 13.6 Å². The molecular formula is C12H16F2N2O2. The quantitative estimate of drug-likeness (QED) is 0.836. The van der Waals surface area contributed by atoms with E-state index in [1.165, 1.54) is 0 Å². The lowest BCUT2D eigenvalue weighted by molar-refractivity contribution is -0.146. The molecule has 100 valence electrons. The molecule has 4 nitrogen and oxygen atoms in total. The molecule has 0 unspecified atom stereocenters. The molecule has 0 amide bonds. The molecule has 18 heavy (non-hydrogen) atoms. The van der Waals surface area contributed by atoms with Crippen LogP contribution in [0, 0.1) is 12.8 Å². The lowest BCUT2D eigenvalue weighted by Crippen LogP contribution is -2.33. The van der Waals surface area contributed by atoms with E-state index < -0.39 is 17.6 Å². The van der Waals surface area contributed by atoms with Crippen LogP contribution in [0.25, 0.3) is 0 Å². The molecular weight excluding hydrogens is 242 g/mol. The van der Waals surface area contributed by atoms with Gasteiger partial charge in [-0.25, -0.2) is 0 Å². The van der Waals surface area contributed by atoms with E-state index in [1.807, 2.05) is 0 Å². The summed E-state index contributed by atoms with van der Waals surface area (Å²) in [7, 11) is 0. The number of nitrogens with zero attached hydrogens (tertiary/aromatic N) is 2. The van der Waals surface area contributed by atoms with Crippen LogP contribution < -0.4 is 0 Å². The van der Waals surface area contributed by atoms with Gasteiger partial charge in [-0.2, -0.15) is 13.8 Å². The van der Waals surface area contributed by atoms with Crippen LogP contribution in [0.4, 0.5) is 8.78 Å². The van der Waals surface area contributed by atoms with Crippen LogP contribution in [0.5, 0.6) is 0 Å². The summed E-state index contributed by atoms with van der Waals surface area (Å²) in [6, 6.07) is 0. The molecule has 1 heterocycles. The van der Waals surface area contributed by atoms with Crippen molar-refractivity contribution in [3.63, 3.8) is 0 Å². The molecule has 0 saturated heterocycles. The second-order valence-corrected chi connectivity index (χ2v) is 4.98. The molecule has 1 aromatic heterocycles. The van der Waals surface area contributed by atoms with Crippen molar-refractivity contribution >= 4 is 5.78 Å². The fourth-order valence-corrected chi connectivity index (χ4v) is 2.44. The molecule has 1 aliphatic rings.